The molecule has 5 nitrogen and oxygen atoms in total. The van der Waals surface area contributed by atoms with E-state index in [4.69, 9.17) is 16.1 Å². The van der Waals surface area contributed by atoms with E-state index in [-0.39, 0.29) is 11.5 Å². The number of nitrogens with zero attached hydrogens (tertiary/aromatic N) is 1. The maximum atomic E-state index is 13.9. The van der Waals surface area contributed by atoms with Crippen molar-refractivity contribution in [2.24, 2.45) is 0 Å². The summed E-state index contributed by atoms with van der Waals surface area (Å²) in [6.45, 7) is 4.04. The van der Waals surface area contributed by atoms with Gasteiger partial charge in [0.15, 0.2) is 0 Å². The van der Waals surface area contributed by atoms with Crippen molar-refractivity contribution in [2.75, 3.05) is 18.3 Å². The van der Waals surface area contributed by atoms with Crippen molar-refractivity contribution in [2.45, 2.75) is 20.3 Å². The van der Waals surface area contributed by atoms with E-state index in [2.05, 4.69) is 6.92 Å². The Morgan fingerprint density at radius 2 is 1.77 bits per heavy atom. The second kappa shape index (κ2) is 9.36. The Kier molecular flexibility index (Phi) is 7.04. The Morgan fingerprint density at radius 1 is 1.13 bits per heavy atom. The lowest BCUT2D eigenvalue weighted by atomic mass is 10.1. The summed E-state index contributed by atoms with van der Waals surface area (Å²) in [4.78, 5) is 12.9. The van der Waals surface area contributed by atoms with E-state index in [0.29, 0.717) is 16.0 Å². The molecule has 30 heavy (non-hydrogen) atoms. The highest BCUT2D eigenvalue weighted by atomic mass is 35.5. The molecule has 0 saturated heterocycles. The van der Waals surface area contributed by atoms with Gasteiger partial charge in [0, 0.05) is 16.9 Å². The number of carbonyl (C=O) groups is 1. The van der Waals surface area contributed by atoms with E-state index in [1.807, 2.05) is 24.3 Å². The maximum Gasteiger partial charge on any atom is 0.348 e. The molecule has 0 spiro atoms. The van der Waals surface area contributed by atoms with Crippen molar-refractivity contribution >= 4 is 47.4 Å². The standard InChI is InChI=1S/C22H23ClNO4PS/c1-4-15-6-8-16(9-7-15)20-14-19(21(30-20)22(25)26)24(3)29(27,28-5-2)18-12-10-17(23)11-13-18/h6-14H,4-5H2,1-3H3,(H,25,26). The van der Waals surface area contributed by atoms with Crippen molar-refractivity contribution in [3.05, 3.63) is 70.1 Å². The molecule has 0 amide bonds. The fourth-order valence-electron chi connectivity index (χ4n) is 3.10. The van der Waals surface area contributed by atoms with Crippen LogP contribution in [-0.2, 0) is 15.5 Å². The molecule has 0 saturated carbocycles. The smallest absolute Gasteiger partial charge is 0.348 e. The van der Waals surface area contributed by atoms with Crippen molar-refractivity contribution in [3.63, 3.8) is 0 Å². The predicted octanol–water partition coefficient (Wildman–Crippen LogP) is 6.32. The molecular weight excluding hydrogens is 441 g/mol. The number of anilines is 1. The van der Waals surface area contributed by atoms with Gasteiger partial charge in [-0.15, -0.1) is 11.3 Å². The van der Waals surface area contributed by atoms with Gasteiger partial charge in [0.1, 0.15) is 4.88 Å². The number of carboxylic acid groups (broad SMARTS) is 1. The summed E-state index contributed by atoms with van der Waals surface area (Å²) in [5.74, 6) is -1.07. The molecule has 0 aliphatic heterocycles. The monoisotopic (exact) mass is 463 g/mol. The first kappa shape index (κ1) is 22.6. The Bertz CT molecular complexity index is 1080. The molecule has 0 bridgehead atoms. The zero-order chi connectivity index (χ0) is 21.9. The second-order valence-corrected chi connectivity index (χ2v) is 10.5. The van der Waals surface area contributed by atoms with Crippen LogP contribution in [0.15, 0.2) is 54.6 Å². The van der Waals surface area contributed by atoms with Gasteiger partial charge in [0.05, 0.1) is 17.6 Å². The molecular formula is C22H23ClNO4PS. The average Bonchev–Trinajstić information content (AvgIpc) is 3.19. The lowest BCUT2D eigenvalue weighted by molar-refractivity contribution is 0.0703. The molecule has 158 valence electrons. The normalized spacial score (nSPS) is 13.1. The molecule has 0 aliphatic carbocycles. The zero-order valence-corrected chi connectivity index (χ0v) is 19.4. The minimum atomic E-state index is -3.54. The van der Waals surface area contributed by atoms with Crippen LogP contribution >= 0.6 is 30.5 Å². The van der Waals surface area contributed by atoms with Crippen LogP contribution in [0, 0.1) is 0 Å². The molecule has 8 heteroatoms. The van der Waals surface area contributed by atoms with E-state index in [0.717, 1.165) is 28.2 Å². The molecule has 3 aromatic rings. The van der Waals surface area contributed by atoms with Gasteiger partial charge in [-0.1, -0.05) is 42.8 Å². The molecule has 1 aromatic heterocycles. The number of hydrogen-bond donors (Lipinski definition) is 1. The van der Waals surface area contributed by atoms with Crippen LogP contribution in [0.3, 0.4) is 0 Å². The van der Waals surface area contributed by atoms with Crippen molar-refractivity contribution in [1.82, 2.24) is 0 Å². The second-order valence-electron chi connectivity index (χ2n) is 6.62. The SMILES string of the molecule is CCOP(=O)(c1ccc(Cl)cc1)N(C)c1cc(-c2ccc(CC)cc2)sc1C(=O)O. The summed E-state index contributed by atoms with van der Waals surface area (Å²) < 4.78 is 21.1. The van der Waals surface area contributed by atoms with Gasteiger partial charge in [-0.05, 0) is 54.8 Å². The van der Waals surface area contributed by atoms with Crippen LogP contribution in [0.2, 0.25) is 5.02 Å². The number of benzene rings is 2. The van der Waals surface area contributed by atoms with E-state index in [1.165, 1.54) is 10.2 Å². The minimum absolute atomic E-state index is 0.112. The Hall–Kier alpha value is -2.11. The van der Waals surface area contributed by atoms with Gasteiger partial charge in [-0.3, -0.25) is 9.24 Å². The van der Waals surface area contributed by atoms with Gasteiger partial charge in [0.25, 0.3) is 0 Å². The van der Waals surface area contributed by atoms with E-state index >= 15 is 0 Å². The molecule has 3 rings (SSSR count). The molecule has 1 heterocycles. The number of aromatic carboxylic acids is 1. The molecule has 1 unspecified atom stereocenters. The van der Waals surface area contributed by atoms with Gasteiger partial charge < -0.3 is 9.63 Å². The predicted molar refractivity (Wildman–Crippen MR) is 125 cm³/mol. The van der Waals surface area contributed by atoms with Crippen LogP contribution in [0.1, 0.15) is 29.1 Å². The van der Waals surface area contributed by atoms with Gasteiger partial charge >= 0.3 is 13.5 Å². The quantitative estimate of drug-likeness (QED) is 0.396. The highest BCUT2D eigenvalue weighted by Gasteiger charge is 2.35. The maximum absolute atomic E-state index is 13.9. The first-order valence-corrected chi connectivity index (χ1v) is 12.3. The van der Waals surface area contributed by atoms with Gasteiger partial charge in [0.2, 0.25) is 0 Å². The summed E-state index contributed by atoms with van der Waals surface area (Å²) in [6, 6.07) is 16.3. The van der Waals surface area contributed by atoms with Crippen LogP contribution in [0.5, 0.6) is 0 Å². The third kappa shape index (κ3) is 4.47. The first-order chi connectivity index (χ1) is 14.3. The fraction of sp³-hybridized carbons (Fsp3) is 0.227. The van der Waals surface area contributed by atoms with E-state index in [1.54, 1.807) is 44.3 Å². The lowest BCUT2D eigenvalue weighted by Gasteiger charge is -2.29. The number of halogens is 1. The van der Waals surface area contributed by atoms with Gasteiger partial charge in [-0.25, -0.2) is 4.79 Å². The minimum Gasteiger partial charge on any atom is -0.477 e. The summed E-state index contributed by atoms with van der Waals surface area (Å²) in [7, 11) is -1.94. The molecule has 0 radical (unpaired) electrons. The number of hydrogen-bond acceptors (Lipinski definition) is 4. The fourth-order valence-corrected chi connectivity index (χ4v) is 6.31. The van der Waals surface area contributed by atoms with Crippen LogP contribution in [0.25, 0.3) is 10.4 Å². The Balaban J connectivity index is 2.09. The summed E-state index contributed by atoms with van der Waals surface area (Å²) in [6.07, 6.45) is 0.928. The topological polar surface area (TPSA) is 66.8 Å². The summed E-state index contributed by atoms with van der Waals surface area (Å²) in [5, 5.41) is 10.8. The summed E-state index contributed by atoms with van der Waals surface area (Å²) in [5.41, 5.74) is 2.47. The van der Waals surface area contributed by atoms with Gasteiger partial charge in [-0.2, -0.15) is 0 Å². The van der Waals surface area contributed by atoms with Crippen molar-refractivity contribution < 1.29 is 19.0 Å². The number of aryl methyl sites for hydroxylation is 1. The number of carboxylic acids is 1. The third-order valence-corrected chi connectivity index (χ3v) is 8.73. The average molecular weight is 464 g/mol. The van der Waals surface area contributed by atoms with Crippen molar-refractivity contribution in [3.8, 4) is 10.4 Å². The van der Waals surface area contributed by atoms with E-state index in [9.17, 15) is 14.5 Å². The Labute approximate surface area is 185 Å². The number of rotatable bonds is 8. The van der Waals surface area contributed by atoms with Crippen LogP contribution in [0.4, 0.5) is 5.69 Å². The number of thiophene rings is 1. The largest absolute Gasteiger partial charge is 0.477 e. The van der Waals surface area contributed by atoms with Crippen molar-refractivity contribution in [1.29, 1.82) is 0 Å². The first-order valence-electron chi connectivity index (χ1n) is 9.51. The Morgan fingerprint density at radius 3 is 2.30 bits per heavy atom. The molecule has 2 aromatic carbocycles. The molecule has 0 fully saturated rings. The summed E-state index contributed by atoms with van der Waals surface area (Å²) >= 11 is 7.13. The lowest BCUT2D eigenvalue weighted by Crippen LogP contribution is -2.24. The molecule has 1 atom stereocenters. The van der Waals surface area contributed by atoms with E-state index < -0.39 is 13.5 Å². The van der Waals surface area contributed by atoms with Crippen LogP contribution < -0.4 is 9.97 Å². The highest BCUT2D eigenvalue weighted by Crippen LogP contribution is 2.53. The molecule has 0 aliphatic rings. The van der Waals surface area contributed by atoms with Crippen LogP contribution in [-0.4, -0.2) is 24.7 Å². The third-order valence-electron chi connectivity index (χ3n) is 4.75. The zero-order valence-electron chi connectivity index (χ0n) is 17.0. The molecule has 1 N–H and O–H groups in total. The highest BCUT2D eigenvalue weighted by molar-refractivity contribution is 7.68.